The number of aryl methyl sites for hydroxylation is 1. The zero-order chi connectivity index (χ0) is 11.8. The van der Waals surface area contributed by atoms with Gasteiger partial charge in [0.2, 0.25) is 0 Å². The minimum absolute atomic E-state index is 0.529. The highest BCUT2D eigenvalue weighted by atomic mass is 32.2. The molecule has 0 saturated heterocycles. The van der Waals surface area contributed by atoms with Gasteiger partial charge in [0.05, 0.1) is 0 Å². The minimum atomic E-state index is 0.529. The molecule has 3 rings (SSSR count). The van der Waals surface area contributed by atoms with Crippen LogP contribution in [0.4, 0.5) is 5.69 Å². The van der Waals surface area contributed by atoms with Crippen LogP contribution in [0.1, 0.15) is 0 Å². The van der Waals surface area contributed by atoms with Gasteiger partial charge in [-0.1, -0.05) is 0 Å². The first-order chi connectivity index (χ1) is 8.22. The molecule has 0 aliphatic heterocycles. The third kappa shape index (κ3) is 1.84. The Morgan fingerprint density at radius 1 is 1.41 bits per heavy atom. The lowest BCUT2D eigenvalue weighted by Gasteiger charge is -1.93. The fourth-order valence-electron chi connectivity index (χ4n) is 1.41. The number of oxazole rings is 1. The van der Waals surface area contributed by atoms with E-state index in [1.165, 1.54) is 11.8 Å². The summed E-state index contributed by atoms with van der Waals surface area (Å²) in [6.45, 7) is 0. The third-order valence-electron chi connectivity index (χ3n) is 2.24. The number of benzene rings is 1. The Labute approximate surface area is 101 Å². The number of anilines is 1. The van der Waals surface area contributed by atoms with Crippen LogP contribution in [0.25, 0.3) is 11.1 Å². The molecule has 0 aliphatic rings. The number of fused-ring (bicyclic) bond motifs is 1. The molecule has 2 heterocycles. The number of nitrogen functional groups attached to an aromatic ring is 1. The van der Waals surface area contributed by atoms with Crippen molar-refractivity contribution in [1.82, 2.24) is 19.7 Å². The number of hydrogen-bond donors (Lipinski definition) is 1. The largest absolute Gasteiger partial charge is 0.431 e. The van der Waals surface area contributed by atoms with Gasteiger partial charge < -0.3 is 14.7 Å². The Kier molecular flexibility index (Phi) is 2.25. The highest BCUT2D eigenvalue weighted by molar-refractivity contribution is 7.99. The van der Waals surface area contributed by atoms with Crippen LogP contribution in [0.5, 0.6) is 0 Å². The molecule has 0 unspecified atom stereocenters. The Morgan fingerprint density at radius 3 is 3.06 bits per heavy atom. The van der Waals surface area contributed by atoms with Crippen LogP contribution in [0.15, 0.2) is 39.3 Å². The van der Waals surface area contributed by atoms with E-state index in [0.717, 1.165) is 10.7 Å². The van der Waals surface area contributed by atoms with Crippen LogP contribution in [0.2, 0.25) is 0 Å². The number of nitrogens with zero attached hydrogens (tertiary/aromatic N) is 4. The summed E-state index contributed by atoms with van der Waals surface area (Å²) in [7, 11) is 1.86. The van der Waals surface area contributed by atoms with Crippen LogP contribution >= 0.6 is 11.8 Å². The van der Waals surface area contributed by atoms with Gasteiger partial charge >= 0.3 is 0 Å². The van der Waals surface area contributed by atoms with Crippen LogP contribution in [-0.2, 0) is 7.05 Å². The summed E-state index contributed by atoms with van der Waals surface area (Å²) in [5, 5.41) is 8.99. The number of hydrogen-bond acceptors (Lipinski definition) is 6. The van der Waals surface area contributed by atoms with Gasteiger partial charge in [0.1, 0.15) is 11.8 Å². The summed E-state index contributed by atoms with van der Waals surface area (Å²) < 4.78 is 7.37. The van der Waals surface area contributed by atoms with Crippen molar-refractivity contribution in [3.63, 3.8) is 0 Å². The van der Waals surface area contributed by atoms with Gasteiger partial charge in [-0.25, -0.2) is 4.98 Å². The quantitative estimate of drug-likeness (QED) is 0.694. The first kappa shape index (κ1) is 10.2. The maximum Gasteiger partial charge on any atom is 0.264 e. The predicted octanol–water partition coefficient (Wildman–Crippen LogP) is 1.69. The third-order valence-corrected chi connectivity index (χ3v) is 3.14. The molecular weight excluding hydrogens is 238 g/mol. The highest BCUT2D eigenvalue weighted by Gasteiger charge is 2.10. The Bertz CT molecular complexity index is 674. The van der Waals surface area contributed by atoms with Gasteiger partial charge in [-0.05, 0) is 12.1 Å². The molecule has 0 bridgehead atoms. The zero-order valence-corrected chi connectivity index (χ0v) is 9.81. The fourth-order valence-corrected chi connectivity index (χ4v) is 2.12. The van der Waals surface area contributed by atoms with Gasteiger partial charge in [0.15, 0.2) is 10.7 Å². The molecule has 3 aromatic rings. The average molecular weight is 247 g/mol. The van der Waals surface area contributed by atoms with E-state index in [1.54, 1.807) is 23.0 Å². The molecule has 2 aromatic heterocycles. The molecule has 0 saturated carbocycles. The molecule has 7 heteroatoms. The topological polar surface area (TPSA) is 82.8 Å². The lowest BCUT2D eigenvalue weighted by atomic mass is 10.3. The van der Waals surface area contributed by atoms with E-state index in [4.69, 9.17) is 10.2 Å². The van der Waals surface area contributed by atoms with Crippen molar-refractivity contribution in [2.24, 2.45) is 7.05 Å². The second-order valence-corrected chi connectivity index (χ2v) is 4.45. The van der Waals surface area contributed by atoms with Gasteiger partial charge in [0.25, 0.3) is 5.22 Å². The summed E-state index contributed by atoms with van der Waals surface area (Å²) in [4.78, 5) is 4.33. The van der Waals surface area contributed by atoms with E-state index in [-0.39, 0.29) is 0 Å². The Balaban J connectivity index is 1.99. The smallest absolute Gasteiger partial charge is 0.264 e. The van der Waals surface area contributed by atoms with Gasteiger partial charge in [0, 0.05) is 30.6 Å². The second kappa shape index (κ2) is 3.77. The first-order valence-corrected chi connectivity index (χ1v) is 5.72. The maximum absolute atomic E-state index is 5.67. The standard InChI is InChI=1S/C10H9N5OS/c1-15-5-12-14-9(15)17-10-13-7-3-2-6(11)4-8(7)16-10/h2-5H,11H2,1H3. The van der Waals surface area contributed by atoms with E-state index in [2.05, 4.69) is 15.2 Å². The minimum Gasteiger partial charge on any atom is -0.431 e. The molecule has 0 fully saturated rings. The number of rotatable bonds is 2. The van der Waals surface area contributed by atoms with Crippen LogP contribution < -0.4 is 5.73 Å². The molecule has 2 N–H and O–H groups in total. The molecule has 0 aliphatic carbocycles. The lowest BCUT2D eigenvalue weighted by Crippen LogP contribution is -1.87. The Morgan fingerprint density at radius 2 is 2.29 bits per heavy atom. The van der Waals surface area contributed by atoms with Gasteiger partial charge in [-0.3, -0.25) is 0 Å². The van der Waals surface area contributed by atoms with E-state index >= 15 is 0 Å². The molecule has 86 valence electrons. The molecule has 17 heavy (non-hydrogen) atoms. The van der Waals surface area contributed by atoms with Gasteiger partial charge in [-0.2, -0.15) is 0 Å². The van der Waals surface area contributed by atoms with Crippen molar-refractivity contribution in [1.29, 1.82) is 0 Å². The first-order valence-electron chi connectivity index (χ1n) is 4.90. The lowest BCUT2D eigenvalue weighted by molar-refractivity contribution is 0.488. The molecule has 6 nitrogen and oxygen atoms in total. The summed E-state index contributed by atoms with van der Waals surface area (Å²) >= 11 is 1.32. The van der Waals surface area contributed by atoms with Crippen molar-refractivity contribution in [2.45, 2.75) is 10.4 Å². The molecule has 0 amide bonds. The molecular formula is C10H9N5OS. The molecule has 0 atom stereocenters. The molecule has 0 spiro atoms. The normalized spacial score (nSPS) is 11.1. The van der Waals surface area contributed by atoms with E-state index < -0.39 is 0 Å². The number of aromatic nitrogens is 4. The van der Waals surface area contributed by atoms with Crippen molar-refractivity contribution in [2.75, 3.05) is 5.73 Å². The van der Waals surface area contributed by atoms with E-state index in [1.807, 2.05) is 13.1 Å². The van der Waals surface area contributed by atoms with Crippen molar-refractivity contribution in [3.8, 4) is 0 Å². The van der Waals surface area contributed by atoms with Crippen molar-refractivity contribution >= 4 is 28.5 Å². The van der Waals surface area contributed by atoms with E-state index in [9.17, 15) is 0 Å². The molecule has 0 radical (unpaired) electrons. The predicted molar refractivity (Wildman–Crippen MR) is 63.5 cm³/mol. The SMILES string of the molecule is Cn1cnnc1Sc1nc2ccc(N)cc2o1. The second-order valence-electron chi connectivity index (χ2n) is 3.53. The average Bonchev–Trinajstić information content (AvgIpc) is 2.85. The Hall–Kier alpha value is -2.02. The van der Waals surface area contributed by atoms with Crippen molar-refractivity contribution in [3.05, 3.63) is 24.5 Å². The van der Waals surface area contributed by atoms with Crippen LogP contribution in [0, 0.1) is 0 Å². The summed E-state index contributed by atoms with van der Waals surface area (Å²) in [5.74, 6) is 0. The van der Waals surface area contributed by atoms with Crippen LogP contribution in [0.3, 0.4) is 0 Å². The van der Waals surface area contributed by atoms with Crippen LogP contribution in [-0.4, -0.2) is 19.7 Å². The number of nitrogens with two attached hydrogens (primary N) is 1. The highest BCUT2D eigenvalue weighted by Crippen LogP contribution is 2.28. The summed E-state index contributed by atoms with van der Waals surface area (Å²) in [6, 6.07) is 5.37. The zero-order valence-electron chi connectivity index (χ0n) is 8.99. The maximum atomic E-state index is 5.67. The fraction of sp³-hybridized carbons (Fsp3) is 0.100. The monoisotopic (exact) mass is 247 g/mol. The van der Waals surface area contributed by atoms with Gasteiger partial charge in [-0.15, -0.1) is 10.2 Å². The summed E-state index contributed by atoms with van der Waals surface area (Å²) in [5.41, 5.74) is 7.79. The molecule has 1 aromatic carbocycles. The summed E-state index contributed by atoms with van der Waals surface area (Å²) in [6.07, 6.45) is 1.63. The van der Waals surface area contributed by atoms with E-state index in [0.29, 0.717) is 16.5 Å². The van der Waals surface area contributed by atoms with Crippen molar-refractivity contribution < 1.29 is 4.42 Å².